The molecule has 0 amide bonds. The van der Waals surface area contributed by atoms with Crippen molar-refractivity contribution in [1.82, 2.24) is 5.32 Å². The molecule has 0 aromatic carbocycles. The van der Waals surface area contributed by atoms with Gasteiger partial charge >= 0.3 is 0 Å². The number of allylic oxidation sites excluding steroid dienone is 3. The van der Waals surface area contributed by atoms with E-state index in [0.29, 0.717) is 18.8 Å². The first-order valence-corrected chi connectivity index (χ1v) is 7.42. The van der Waals surface area contributed by atoms with E-state index in [-0.39, 0.29) is 18.8 Å². The molecular weight excluding hydrogens is 258 g/mol. The molecule has 1 atom stereocenters. The van der Waals surface area contributed by atoms with Crippen LogP contribution in [0.4, 0.5) is 8.78 Å². The van der Waals surface area contributed by atoms with Gasteiger partial charge in [0.1, 0.15) is 0 Å². The molecule has 0 aromatic rings. The van der Waals surface area contributed by atoms with Crippen LogP contribution in [0.25, 0.3) is 0 Å². The van der Waals surface area contributed by atoms with Crippen LogP contribution in [0.15, 0.2) is 28.8 Å². The minimum atomic E-state index is -2.47. The van der Waals surface area contributed by atoms with Crippen LogP contribution >= 0.6 is 0 Å². The molecule has 0 aromatic heterocycles. The molecule has 0 saturated heterocycles. The number of rotatable bonds is 3. The van der Waals surface area contributed by atoms with Gasteiger partial charge in [-0.2, -0.15) is 0 Å². The molecule has 0 spiro atoms. The highest BCUT2D eigenvalue weighted by molar-refractivity contribution is 5.84. The van der Waals surface area contributed by atoms with Gasteiger partial charge in [-0.25, -0.2) is 8.78 Å². The van der Waals surface area contributed by atoms with E-state index in [1.54, 1.807) is 7.05 Å². The molecule has 1 N–H and O–H groups in total. The second-order valence-corrected chi connectivity index (χ2v) is 5.98. The van der Waals surface area contributed by atoms with Crippen LogP contribution in [-0.2, 0) is 0 Å². The van der Waals surface area contributed by atoms with Crippen LogP contribution in [0.2, 0.25) is 0 Å². The fourth-order valence-electron chi connectivity index (χ4n) is 3.02. The molecule has 112 valence electrons. The predicted octanol–water partition coefficient (Wildman–Crippen LogP) is 3.95. The lowest BCUT2D eigenvalue weighted by Crippen LogP contribution is -2.38. The van der Waals surface area contributed by atoms with Gasteiger partial charge in [0.2, 0.25) is 5.92 Å². The van der Waals surface area contributed by atoms with Crippen LogP contribution in [0.5, 0.6) is 0 Å². The number of alkyl halides is 2. The average molecular weight is 282 g/mol. The van der Waals surface area contributed by atoms with E-state index in [1.807, 2.05) is 0 Å². The summed E-state index contributed by atoms with van der Waals surface area (Å²) in [5, 5.41) is 3.38. The Labute approximate surface area is 120 Å². The average Bonchev–Trinajstić information content (AvgIpc) is 2.41. The molecule has 0 bridgehead atoms. The van der Waals surface area contributed by atoms with Crippen LogP contribution in [0.3, 0.4) is 0 Å². The molecule has 2 aliphatic carbocycles. The van der Waals surface area contributed by atoms with E-state index in [1.165, 1.54) is 5.57 Å². The van der Waals surface area contributed by atoms with E-state index >= 15 is 0 Å². The SMILES string of the molecule is CN=C(NCC1C=CC=C(C)C1)C1CCC(F)(F)CC1. The Morgan fingerprint density at radius 3 is 2.70 bits per heavy atom. The molecule has 0 radical (unpaired) electrons. The summed E-state index contributed by atoms with van der Waals surface area (Å²) in [5.41, 5.74) is 1.38. The third-order valence-corrected chi connectivity index (χ3v) is 4.24. The van der Waals surface area contributed by atoms with Crippen molar-refractivity contribution in [3.8, 4) is 0 Å². The number of hydrogen-bond acceptors (Lipinski definition) is 1. The predicted molar refractivity (Wildman–Crippen MR) is 79.3 cm³/mol. The maximum atomic E-state index is 13.2. The summed E-state index contributed by atoms with van der Waals surface area (Å²) < 4.78 is 26.4. The Morgan fingerprint density at radius 1 is 1.40 bits per heavy atom. The van der Waals surface area contributed by atoms with Crippen molar-refractivity contribution in [1.29, 1.82) is 0 Å². The molecule has 0 aliphatic heterocycles. The smallest absolute Gasteiger partial charge is 0.248 e. The molecule has 2 aliphatic rings. The monoisotopic (exact) mass is 282 g/mol. The molecule has 20 heavy (non-hydrogen) atoms. The Bertz CT molecular complexity index is 414. The number of nitrogens with one attached hydrogen (secondary N) is 1. The topological polar surface area (TPSA) is 24.4 Å². The van der Waals surface area contributed by atoms with Crippen molar-refractivity contribution in [2.45, 2.75) is 45.0 Å². The van der Waals surface area contributed by atoms with E-state index in [4.69, 9.17) is 0 Å². The van der Waals surface area contributed by atoms with Crippen molar-refractivity contribution in [3.63, 3.8) is 0 Å². The molecule has 4 heteroatoms. The van der Waals surface area contributed by atoms with Gasteiger partial charge in [-0.3, -0.25) is 4.99 Å². The number of amidine groups is 1. The molecular formula is C16H24F2N2. The number of hydrogen-bond donors (Lipinski definition) is 1. The lowest BCUT2D eigenvalue weighted by Gasteiger charge is -2.30. The van der Waals surface area contributed by atoms with Gasteiger partial charge in [0.05, 0.1) is 5.84 Å². The summed E-state index contributed by atoms with van der Waals surface area (Å²) in [6.07, 6.45) is 8.53. The fourth-order valence-corrected chi connectivity index (χ4v) is 3.02. The largest absolute Gasteiger partial charge is 0.373 e. The third kappa shape index (κ3) is 4.15. The maximum Gasteiger partial charge on any atom is 0.248 e. The molecule has 1 saturated carbocycles. The summed E-state index contributed by atoms with van der Waals surface area (Å²) in [6.45, 7) is 2.97. The lowest BCUT2D eigenvalue weighted by atomic mass is 9.85. The highest BCUT2D eigenvalue weighted by Gasteiger charge is 2.36. The zero-order valence-corrected chi connectivity index (χ0v) is 12.3. The van der Waals surface area contributed by atoms with E-state index in [0.717, 1.165) is 18.8 Å². The Kier molecular flexibility index (Phi) is 4.95. The van der Waals surface area contributed by atoms with Crippen LogP contribution in [0, 0.1) is 11.8 Å². The second-order valence-electron chi connectivity index (χ2n) is 5.98. The maximum absolute atomic E-state index is 13.2. The third-order valence-electron chi connectivity index (χ3n) is 4.24. The standard InChI is InChI=1S/C16H24F2N2/c1-12-4-3-5-13(10-12)11-20-15(19-2)14-6-8-16(17,18)9-7-14/h3-5,13-14H,6-11H2,1-2H3,(H,19,20). The molecule has 2 nitrogen and oxygen atoms in total. The first kappa shape index (κ1) is 15.2. The van der Waals surface area contributed by atoms with Gasteiger partial charge in [-0.05, 0) is 32.1 Å². The Hall–Kier alpha value is -1.19. The number of halogens is 2. The van der Waals surface area contributed by atoms with Crippen LogP contribution < -0.4 is 5.32 Å². The lowest BCUT2D eigenvalue weighted by molar-refractivity contribution is -0.0396. The Balaban J connectivity index is 1.82. The van der Waals surface area contributed by atoms with Crippen molar-refractivity contribution in [3.05, 3.63) is 23.8 Å². The summed E-state index contributed by atoms with van der Waals surface area (Å²) in [4.78, 5) is 4.28. The first-order chi connectivity index (χ1) is 9.50. The molecule has 2 rings (SSSR count). The first-order valence-electron chi connectivity index (χ1n) is 7.42. The Morgan fingerprint density at radius 2 is 2.10 bits per heavy atom. The van der Waals surface area contributed by atoms with Crippen molar-refractivity contribution < 1.29 is 8.78 Å². The van der Waals surface area contributed by atoms with E-state index in [2.05, 4.69) is 35.5 Å². The van der Waals surface area contributed by atoms with Gasteiger partial charge in [0.25, 0.3) is 0 Å². The quantitative estimate of drug-likeness (QED) is 0.615. The summed E-state index contributed by atoms with van der Waals surface area (Å²) >= 11 is 0. The zero-order valence-electron chi connectivity index (χ0n) is 12.3. The molecule has 1 fully saturated rings. The minimum absolute atomic E-state index is 0.0104. The van der Waals surface area contributed by atoms with Crippen LogP contribution in [-0.4, -0.2) is 25.4 Å². The summed E-state index contributed by atoms with van der Waals surface area (Å²) in [6, 6.07) is 0. The molecule has 0 heterocycles. The van der Waals surface area contributed by atoms with Gasteiger partial charge in [-0.1, -0.05) is 23.8 Å². The number of nitrogens with zero attached hydrogens (tertiary/aromatic N) is 1. The van der Waals surface area contributed by atoms with Crippen molar-refractivity contribution >= 4 is 5.84 Å². The second kappa shape index (κ2) is 6.51. The van der Waals surface area contributed by atoms with Crippen molar-refractivity contribution in [2.24, 2.45) is 16.8 Å². The zero-order chi connectivity index (χ0) is 14.6. The normalized spacial score (nSPS) is 27.3. The van der Waals surface area contributed by atoms with Gasteiger partial charge < -0.3 is 5.32 Å². The molecule has 1 unspecified atom stereocenters. The summed E-state index contributed by atoms with van der Waals surface area (Å²) in [7, 11) is 1.75. The van der Waals surface area contributed by atoms with Gasteiger partial charge in [0.15, 0.2) is 0 Å². The fraction of sp³-hybridized carbons (Fsp3) is 0.688. The van der Waals surface area contributed by atoms with Gasteiger partial charge in [-0.15, -0.1) is 0 Å². The number of aliphatic imine (C=N–C) groups is 1. The minimum Gasteiger partial charge on any atom is -0.373 e. The highest BCUT2D eigenvalue weighted by atomic mass is 19.3. The highest BCUT2D eigenvalue weighted by Crippen LogP contribution is 2.36. The summed E-state index contributed by atoms with van der Waals surface area (Å²) in [5.74, 6) is -0.921. The van der Waals surface area contributed by atoms with Crippen molar-refractivity contribution in [2.75, 3.05) is 13.6 Å². The van der Waals surface area contributed by atoms with E-state index < -0.39 is 5.92 Å². The van der Waals surface area contributed by atoms with Gasteiger partial charge in [0, 0.05) is 32.4 Å². The van der Waals surface area contributed by atoms with Crippen LogP contribution in [0.1, 0.15) is 39.0 Å². The van der Waals surface area contributed by atoms with E-state index in [9.17, 15) is 8.78 Å².